The van der Waals surface area contributed by atoms with Crippen molar-refractivity contribution in [1.29, 1.82) is 0 Å². The summed E-state index contributed by atoms with van der Waals surface area (Å²) in [6.07, 6.45) is 2.72. The first-order valence-corrected chi connectivity index (χ1v) is 21.7. The quantitative estimate of drug-likeness (QED) is 0.0828. The lowest BCUT2D eigenvalue weighted by atomic mass is 10.0. The SMILES string of the molecule is COC(=O)N[C@H](C(=O)n1cccc1-c1nc2cc(F)c(-c3cnc4n3[C@H](c3ccc(F)c(F)c3)Oc3cc(-c5cnc(-c6cccn6C(=O)[C@@H](NC(=O)O)c6ccccc6)[nH]5)ccc3-4)cc2[nH]1)C(C)C. The molecular formula is C50H39F3N10O7. The number of H-pyrrole nitrogens is 2. The number of nitrogens with one attached hydrogen (secondary N) is 4. The Morgan fingerprint density at radius 1 is 0.743 bits per heavy atom. The van der Waals surface area contributed by atoms with Crippen LogP contribution in [0.3, 0.4) is 0 Å². The van der Waals surface area contributed by atoms with E-state index in [0.717, 1.165) is 12.1 Å². The topological polar surface area (TPSA) is 216 Å². The van der Waals surface area contributed by atoms with Gasteiger partial charge in [-0.25, -0.2) is 37.7 Å². The van der Waals surface area contributed by atoms with Gasteiger partial charge in [0.05, 0.1) is 58.9 Å². The van der Waals surface area contributed by atoms with Crippen molar-refractivity contribution in [1.82, 2.24) is 49.3 Å². The number of benzene rings is 4. The molecule has 352 valence electrons. The van der Waals surface area contributed by atoms with Crippen molar-refractivity contribution < 1.29 is 46.9 Å². The number of halogens is 3. The lowest BCUT2D eigenvalue weighted by Gasteiger charge is -2.30. The molecule has 2 amide bonds. The molecule has 70 heavy (non-hydrogen) atoms. The second kappa shape index (κ2) is 17.8. The van der Waals surface area contributed by atoms with Crippen molar-refractivity contribution >= 4 is 35.0 Å². The Balaban J connectivity index is 0.999. The van der Waals surface area contributed by atoms with Gasteiger partial charge in [0.15, 0.2) is 23.3 Å². The summed E-state index contributed by atoms with van der Waals surface area (Å²) in [5.74, 6) is -3.06. The first-order valence-electron chi connectivity index (χ1n) is 21.7. The minimum absolute atomic E-state index is 0.0633. The van der Waals surface area contributed by atoms with Gasteiger partial charge in [-0.3, -0.25) is 23.3 Å². The number of amides is 2. The predicted molar refractivity (Wildman–Crippen MR) is 248 cm³/mol. The van der Waals surface area contributed by atoms with E-state index >= 15 is 4.39 Å². The maximum absolute atomic E-state index is 16.5. The molecule has 20 heteroatoms. The van der Waals surface area contributed by atoms with Crippen LogP contribution >= 0.6 is 0 Å². The van der Waals surface area contributed by atoms with Crippen LogP contribution in [-0.2, 0) is 4.74 Å². The average molecular weight is 949 g/mol. The lowest BCUT2D eigenvalue weighted by Crippen LogP contribution is -2.46. The third kappa shape index (κ3) is 7.99. The first kappa shape index (κ1) is 44.6. The number of aromatic amines is 2. The Bertz CT molecular complexity index is 3520. The van der Waals surface area contributed by atoms with Crippen molar-refractivity contribution in [3.8, 4) is 62.7 Å². The fourth-order valence-electron chi connectivity index (χ4n) is 8.55. The number of carboxylic acid groups (broad SMARTS) is 1. The van der Waals surface area contributed by atoms with Crippen LogP contribution in [-0.4, -0.2) is 80.9 Å². The molecular weight excluding hydrogens is 910 g/mol. The highest BCUT2D eigenvalue weighted by molar-refractivity contribution is 5.93. The largest absolute Gasteiger partial charge is 0.465 e. The number of hydrogen-bond acceptors (Lipinski definition) is 9. The number of fused-ring (bicyclic) bond motifs is 4. The molecule has 17 nitrogen and oxygen atoms in total. The molecule has 0 saturated heterocycles. The highest BCUT2D eigenvalue weighted by Gasteiger charge is 2.34. The number of carbonyl (C=O) groups is 4. The molecule has 10 rings (SSSR count). The number of nitrogens with zero attached hydrogens (tertiary/aromatic N) is 6. The van der Waals surface area contributed by atoms with Crippen LogP contribution in [0, 0.1) is 23.4 Å². The molecule has 5 N–H and O–H groups in total. The number of hydrogen-bond donors (Lipinski definition) is 5. The van der Waals surface area contributed by atoms with Crippen LogP contribution in [0.1, 0.15) is 46.8 Å². The van der Waals surface area contributed by atoms with E-state index in [1.165, 1.54) is 53.0 Å². The van der Waals surface area contributed by atoms with Gasteiger partial charge in [0.1, 0.15) is 29.5 Å². The van der Waals surface area contributed by atoms with Gasteiger partial charge in [-0.05, 0) is 66.1 Å². The summed E-state index contributed by atoms with van der Waals surface area (Å²) in [5, 5.41) is 14.4. The Labute approximate surface area is 394 Å². The van der Waals surface area contributed by atoms with Gasteiger partial charge < -0.3 is 35.2 Å². The zero-order valence-corrected chi connectivity index (χ0v) is 37.1. The Morgan fingerprint density at radius 2 is 1.49 bits per heavy atom. The molecule has 0 unspecified atom stereocenters. The zero-order chi connectivity index (χ0) is 49.0. The van der Waals surface area contributed by atoms with Crippen molar-refractivity contribution in [2.75, 3.05) is 7.11 Å². The third-order valence-electron chi connectivity index (χ3n) is 12.0. The summed E-state index contributed by atoms with van der Waals surface area (Å²) in [5.41, 5.74) is 3.85. The molecule has 0 fully saturated rings. The van der Waals surface area contributed by atoms with Crippen molar-refractivity contribution in [2.45, 2.75) is 32.2 Å². The van der Waals surface area contributed by atoms with Crippen LogP contribution in [0.5, 0.6) is 5.75 Å². The average Bonchev–Trinajstić information content (AvgIpc) is 4.22. The van der Waals surface area contributed by atoms with Crippen LogP contribution in [0.15, 0.2) is 128 Å². The van der Waals surface area contributed by atoms with E-state index in [0.29, 0.717) is 56.7 Å². The van der Waals surface area contributed by atoms with E-state index < -0.39 is 59.8 Å². The number of ether oxygens (including phenoxy) is 2. The third-order valence-corrected chi connectivity index (χ3v) is 12.0. The van der Waals surface area contributed by atoms with Crippen LogP contribution in [0.25, 0.3) is 68.0 Å². The second-order valence-electron chi connectivity index (χ2n) is 16.6. The maximum atomic E-state index is 16.5. The van der Waals surface area contributed by atoms with Crippen molar-refractivity contribution in [2.24, 2.45) is 5.92 Å². The lowest BCUT2D eigenvalue weighted by molar-refractivity contribution is 0.0821. The highest BCUT2D eigenvalue weighted by Crippen LogP contribution is 2.45. The summed E-state index contributed by atoms with van der Waals surface area (Å²) in [6.45, 7) is 3.55. The smallest absolute Gasteiger partial charge is 0.407 e. The molecule has 4 aromatic carbocycles. The van der Waals surface area contributed by atoms with Crippen molar-refractivity contribution in [3.05, 3.63) is 156 Å². The zero-order valence-electron chi connectivity index (χ0n) is 37.1. The van der Waals surface area contributed by atoms with Crippen molar-refractivity contribution in [3.63, 3.8) is 0 Å². The minimum Gasteiger partial charge on any atom is -0.465 e. The van der Waals surface area contributed by atoms with Gasteiger partial charge in [-0.2, -0.15) is 0 Å². The summed E-state index contributed by atoms with van der Waals surface area (Å²) in [7, 11) is 1.20. The molecule has 0 spiro atoms. The number of rotatable bonds is 11. The van der Waals surface area contributed by atoms with Crippen LogP contribution < -0.4 is 15.4 Å². The summed E-state index contributed by atoms with van der Waals surface area (Å²) < 4.78 is 61.4. The first-order chi connectivity index (χ1) is 33.8. The maximum Gasteiger partial charge on any atom is 0.407 e. The summed E-state index contributed by atoms with van der Waals surface area (Å²) in [4.78, 5) is 71.7. The molecule has 1 aliphatic heterocycles. The Morgan fingerprint density at radius 3 is 2.20 bits per heavy atom. The number of carbonyl (C=O) groups excluding carboxylic acids is 3. The molecule has 3 atom stereocenters. The number of methoxy groups -OCH3 is 1. The molecule has 0 radical (unpaired) electrons. The van der Waals surface area contributed by atoms with E-state index in [9.17, 15) is 33.1 Å². The van der Waals surface area contributed by atoms with Gasteiger partial charge in [0.2, 0.25) is 6.23 Å². The number of imidazole rings is 3. The highest BCUT2D eigenvalue weighted by atomic mass is 19.2. The summed E-state index contributed by atoms with van der Waals surface area (Å²) >= 11 is 0. The molecule has 0 bridgehead atoms. The number of alkyl carbamates (subject to hydrolysis) is 1. The monoisotopic (exact) mass is 948 g/mol. The fraction of sp³-hybridized carbons (Fsp3) is 0.140. The normalized spacial score (nSPS) is 13.8. The molecule has 1 aliphatic rings. The molecule has 9 aromatic rings. The fourth-order valence-corrected chi connectivity index (χ4v) is 8.55. The van der Waals surface area contributed by atoms with Gasteiger partial charge in [0, 0.05) is 35.2 Å². The molecule has 0 aliphatic carbocycles. The van der Waals surface area contributed by atoms with E-state index in [1.54, 1.807) is 97.4 Å². The van der Waals surface area contributed by atoms with Gasteiger partial charge >= 0.3 is 12.2 Å². The standard InChI is InChI=1S/C50H39F3N10O7/c1-25(2)41(60-50(68)69-3)46(64)62-18-8-12-38(62)44-56-34-21-30(32(52)22-35(34)57-44)39-24-55-45-29-15-13-27(20-40(29)70-48(63(39)45)28-14-16-31(51)33(53)19-28)36-23-54-43(58-36)37-11-7-17-61(37)47(65)42(59-49(66)67)26-9-5-4-6-10-26/h4-25,41-42,48,59H,1-3H3,(H,54,58)(H,56,57)(H,60,68)(H,66,67)/t41-,42-,48-/m0/s1. The van der Waals surface area contributed by atoms with E-state index in [1.807, 2.05) is 0 Å². The van der Waals surface area contributed by atoms with Crippen LogP contribution in [0.4, 0.5) is 22.8 Å². The van der Waals surface area contributed by atoms with Gasteiger partial charge in [0.25, 0.3) is 11.8 Å². The van der Waals surface area contributed by atoms with Crippen LogP contribution in [0.2, 0.25) is 0 Å². The molecule has 5 aromatic heterocycles. The predicted octanol–water partition coefficient (Wildman–Crippen LogP) is 9.45. The van der Waals surface area contributed by atoms with Gasteiger partial charge in [-0.15, -0.1) is 0 Å². The van der Waals surface area contributed by atoms with E-state index in [2.05, 4.69) is 30.6 Å². The van der Waals surface area contributed by atoms with Gasteiger partial charge in [-0.1, -0.05) is 56.3 Å². The molecule has 0 saturated carbocycles. The minimum atomic E-state index is -1.37. The Hall–Kier alpha value is -9.20. The van der Waals surface area contributed by atoms with E-state index in [4.69, 9.17) is 14.5 Å². The number of aromatic nitrogens is 8. The molecule has 6 heterocycles. The summed E-state index contributed by atoms with van der Waals surface area (Å²) in [6, 6.07) is 24.2. The second-order valence-corrected chi connectivity index (χ2v) is 16.6. The Kier molecular flexibility index (Phi) is 11.3. The van der Waals surface area contributed by atoms with E-state index in [-0.39, 0.29) is 34.1 Å².